The standard InChI is InChI=1S/C14H15N3O3S/c1-10(17-14(18)11-5-7-15-8-6-11)12-3-4-13(16-9-12)21(2,19)20/h3-10H,1-2H3,(H,17,18)/t10-/m0/s1. The molecule has 0 saturated heterocycles. The molecule has 1 atom stereocenters. The van der Waals surface area contributed by atoms with E-state index >= 15 is 0 Å². The summed E-state index contributed by atoms with van der Waals surface area (Å²) >= 11 is 0. The number of pyridine rings is 2. The summed E-state index contributed by atoms with van der Waals surface area (Å²) in [7, 11) is -3.32. The highest BCUT2D eigenvalue weighted by molar-refractivity contribution is 7.90. The Morgan fingerprint density at radius 2 is 1.86 bits per heavy atom. The molecule has 1 N–H and O–H groups in total. The highest BCUT2D eigenvalue weighted by Gasteiger charge is 2.13. The Morgan fingerprint density at radius 1 is 1.19 bits per heavy atom. The van der Waals surface area contributed by atoms with E-state index in [4.69, 9.17) is 0 Å². The normalized spacial score (nSPS) is 12.7. The van der Waals surface area contributed by atoms with Gasteiger partial charge >= 0.3 is 0 Å². The van der Waals surface area contributed by atoms with Gasteiger partial charge in [-0.25, -0.2) is 13.4 Å². The fourth-order valence-corrected chi connectivity index (χ4v) is 2.29. The SMILES string of the molecule is C[C@H](NC(=O)c1ccncc1)c1ccc(S(C)(=O)=O)nc1. The van der Waals surface area contributed by atoms with Crippen molar-refractivity contribution in [2.24, 2.45) is 0 Å². The molecule has 0 aliphatic heterocycles. The molecule has 0 aliphatic carbocycles. The van der Waals surface area contributed by atoms with Crippen LogP contribution in [0.1, 0.15) is 28.9 Å². The zero-order valence-corrected chi connectivity index (χ0v) is 12.5. The van der Waals surface area contributed by atoms with Gasteiger partial charge in [-0.1, -0.05) is 6.07 Å². The first-order valence-corrected chi connectivity index (χ1v) is 8.14. The molecule has 0 bridgehead atoms. The number of rotatable bonds is 4. The molecule has 110 valence electrons. The van der Waals surface area contributed by atoms with Gasteiger partial charge in [0.15, 0.2) is 14.9 Å². The van der Waals surface area contributed by atoms with Crippen LogP contribution in [0.4, 0.5) is 0 Å². The average Bonchev–Trinajstić information content (AvgIpc) is 2.47. The lowest BCUT2D eigenvalue weighted by Gasteiger charge is -2.14. The van der Waals surface area contributed by atoms with Crippen LogP contribution in [0.25, 0.3) is 0 Å². The Balaban J connectivity index is 2.10. The fourth-order valence-electron chi connectivity index (χ4n) is 1.73. The minimum atomic E-state index is -3.32. The highest BCUT2D eigenvalue weighted by Crippen LogP contribution is 2.14. The van der Waals surface area contributed by atoms with Crippen molar-refractivity contribution in [1.82, 2.24) is 15.3 Å². The predicted molar refractivity (Wildman–Crippen MR) is 77.5 cm³/mol. The molecule has 0 aromatic carbocycles. The molecule has 0 saturated carbocycles. The lowest BCUT2D eigenvalue weighted by molar-refractivity contribution is 0.0939. The molecule has 0 aliphatic rings. The van der Waals surface area contributed by atoms with E-state index in [0.29, 0.717) is 5.56 Å². The van der Waals surface area contributed by atoms with Gasteiger partial charge in [0.2, 0.25) is 0 Å². The molecule has 7 heteroatoms. The monoisotopic (exact) mass is 305 g/mol. The Morgan fingerprint density at radius 3 is 2.38 bits per heavy atom. The topological polar surface area (TPSA) is 89.0 Å². The number of nitrogens with zero attached hydrogens (tertiary/aromatic N) is 2. The van der Waals surface area contributed by atoms with E-state index in [1.54, 1.807) is 37.5 Å². The number of sulfone groups is 1. The van der Waals surface area contributed by atoms with Crippen LogP contribution in [0.5, 0.6) is 0 Å². The van der Waals surface area contributed by atoms with Crippen molar-refractivity contribution >= 4 is 15.7 Å². The number of amides is 1. The third-order valence-corrected chi connectivity index (χ3v) is 3.93. The minimum absolute atomic E-state index is 0.0129. The summed E-state index contributed by atoms with van der Waals surface area (Å²) in [4.78, 5) is 19.8. The first-order valence-electron chi connectivity index (χ1n) is 6.25. The van der Waals surface area contributed by atoms with Gasteiger partial charge in [-0.3, -0.25) is 9.78 Å². The Kier molecular flexibility index (Phi) is 4.32. The van der Waals surface area contributed by atoms with Crippen LogP contribution in [0.3, 0.4) is 0 Å². The number of aromatic nitrogens is 2. The van der Waals surface area contributed by atoms with Crippen LogP contribution in [0.15, 0.2) is 47.9 Å². The van der Waals surface area contributed by atoms with Crippen LogP contribution in [0, 0.1) is 0 Å². The highest BCUT2D eigenvalue weighted by atomic mass is 32.2. The zero-order chi connectivity index (χ0) is 15.5. The van der Waals surface area contributed by atoms with Gasteiger partial charge in [0, 0.05) is 30.4 Å². The summed E-state index contributed by atoms with van der Waals surface area (Å²) in [6.07, 6.45) is 5.64. The smallest absolute Gasteiger partial charge is 0.251 e. The summed E-state index contributed by atoms with van der Waals surface area (Å²) in [5.41, 5.74) is 1.24. The molecule has 2 aromatic heterocycles. The van der Waals surface area contributed by atoms with E-state index in [-0.39, 0.29) is 17.0 Å². The summed E-state index contributed by atoms with van der Waals surface area (Å²) in [6, 6.07) is 6.02. The van der Waals surface area contributed by atoms with Crippen molar-refractivity contribution in [1.29, 1.82) is 0 Å². The Labute approximate surface area is 123 Å². The van der Waals surface area contributed by atoms with Crippen molar-refractivity contribution in [2.45, 2.75) is 18.0 Å². The van der Waals surface area contributed by atoms with Gasteiger partial charge in [0.1, 0.15) is 0 Å². The predicted octanol–water partition coefficient (Wildman–Crippen LogP) is 1.37. The molecule has 0 spiro atoms. The molecule has 2 aromatic rings. The summed E-state index contributed by atoms with van der Waals surface area (Å²) in [5.74, 6) is -0.225. The van der Waals surface area contributed by atoms with Gasteiger partial charge < -0.3 is 5.32 Å². The van der Waals surface area contributed by atoms with E-state index in [1.807, 2.05) is 0 Å². The second-order valence-electron chi connectivity index (χ2n) is 4.63. The van der Waals surface area contributed by atoms with Gasteiger partial charge in [0.25, 0.3) is 5.91 Å². The van der Waals surface area contributed by atoms with Crippen LogP contribution >= 0.6 is 0 Å². The third kappa shape index (κ3) is 3.85. The Bertz CT molecular complexity index is 728. The number of hydrogen-bond donors (Lipinski definition) is 1. The molecular formula is C14H15N3O3S. The maximum absolute atomic E-state index is 12.0. The molecule has 2 rings (SSSR count). The van der Waals surface area contributed by atoms with Crippen molar-refractivity contribution in [3.8, 4) is 0 Å². The first-order chi connectivity index (χ1) is 9.88. The van der Waals surface area contributed by atoms with Crippen LogP contribution in [-0.2, 0) is 9.84 Å². The van der Waals surface area contributed by atoms with E-state index in [0.717, 1.165) is 11.8 Å². The molecule has 0 radical (unpaired) electrons. The lowest BCUT2D eigenvalue weighted by atomic mass is 10.1. The maximum atomic E-state index is 12.0. The number of carbonyl (C=O) groups excluding carboxylic acids is 1. The van der Waals surface area contributed by atoms with Crippen LogP contribution in [-0.4, -0.2) is 30.5 Å². The van der Waals surface area contributed by atoms with Crippen LogP contribution in [0.2, 0.25) is 0 Å². The molecule has 2 heterocycles. The largest absolute Gasteiger partial charge is 0.345 e. The summed E-state index contributed by atoms with van der Waals surface area (Å²) in [5, 5.41) is 2.83. The van der Waals surface area contributed by atoms with Gasteiger partial charge in [-0.05, 0) is 30.7 Å². The van der Waals surface area contributed by atoms with E-state index in [2.05, 4.69) is 15.3 Å². The lowest BCUT2D eigenvalue weighted by Crippen LogP contribution is -2.26. The average molecular weight is 305 g/mol. The second-order valence-corrected chi connectivity index (χ2v) is 6.60. The minimum Gasteiger partial charge on any atom is -0.345 e. The number of nitrogens with one attached hydrogen (secondary N) is 1. The zero-order valence-electron chi connectivity index (χ0n) is 11.6. The van der Waals surface area contributed by atoms with Crippen LogP contribution < -0.4 is 5.32 Å². The summed E-state index contributed by atoms with van der Waals surface area (Å²) < 4.78 is 22.7. The number of carbonyl (C=O) groups is 1. The third-order valence-electron chi connectivity index (χ3n) is 2.93. The first kappa shape index (κ1) is 15.1. The van der Waals surface area contributed by atoms with Gasteiger partial charge in [0.05, 0.1) is 6.04 Å². The quantitative estimate of drug-likeness (QED) is 0.921. The molecule has 6 nitrogen and oxygen atoms in total. The Hall–Kier alpha value is -2.28. The van der Waals surface area contributed by atoms with E-state index < -0.39 is 9.84 Å². The fraction of sp³-hybridized carbons (Fsp3) is 0.214. The maximum Gasteiger partial charge on any atom is 0.251 e. The van der Waals surface area contributed by atoms with Crippen molar-refractivity contribution < 1.29 is 13.2 Å². The van der Waals surface area contributed by atoms with E-state index in [1.165, 1.54) is 12.3 Å². The molecule has 21 heavy (non-hydrogen) atoms. The second kappa shape index (κ2) is 6.01. The van der Waals surface area contributed by atoms with Crippen molar-refractivity contribution in [2.75, 3.05) is 6.26 Å². The molecule has 0 unspecified atom stereocenters. The van der Waals surface area contributed by atoms with Crippen molar-refractivity contribution in [3.05, 3.63) is 54.0 Å². The molecular weight excluding hydrogens is 290 g/mol. The van der Waals surface area contributed by atoms with E-state index in [9.17, 15) is 13.2 Å². The van der Waals surface area contributed by atoms with Gasteiger partial charge in [-0.15, -0.1) is 0 Å². The summed E-state index contributed by atoms with van der Waals surface area (Å²) in [6.45, 7) is 1.80. The van der Waals surface area contributed by atoms with Crippen molar-refractivity contribution in [3.63, 3.8) is 0 Å². The molecule has 0 fully saturated rings. The van der Waals surface area contributed by atoms with Gasteiger partial charge in [-0.2, -0.15) is 0 Å². The number of hydrogen-bond acceptors (Lipinski definition) is 5. The molecule has 1 amide bonds.